The molecule has 0 aliphatic heterocycles. The molecule has 0 spiro atoms. The first-order valence-corrected chi connectivity index (χ1v) is 7.65. The molecule has 1 aromatic rings. The van der Waals surface area contributed by atoms with E-state index in [0.29, 0.717) is 17.7 Å². The molecule has 7 nitrogen and oxygen atoms in total. The number of carboxylic acids is 2. The van der Waals surface area contributed by atoms with Gasteiger partial charge in [-0.05, 0) is 25.0 Å². The summed E-state index contributed by atoms with van der Waals surface area (Å²) in [5, 5.41) is 18.6. The molecule has 0 bridgehead atoms. The summed E-state index contributed by atoms with van der Waals surface area (Å²) in [5.41, 5.74) is 6.70. The van der Waals surface area contributed by atoms with Gasteiger partial charge in [0.25, 0.3) is 5.91 Å². The van der Waals surface area contributed by atoms with Crippen LogP contribution in [0.25, 0.3) is 0 Å². The zero-order valence-corrected chi connectivity index (χ0v) is 13.2. The Labute approximate surface area is 140 Å². The summed E-state index contributed by atoms with van der Waals surface area (Å²) < 4.78 is 0. The lowest BCUT2D eigenvalue weighted by atomic mass is 9.91. The lowest BCUT2D eigenvalue weighted by molar-refractivity contribution is -0.134. The van der Waals surface area contributed by atoms with Crippen LogP contribution < -0.4 is 11.1 Å². The van der Waals surface area contributed by atoms with E-state index in [9.17, 15) is 14.4 Å². The molecule has 24 heavy (non-hydrogen) atoms. The smallest absolute Gasteiger partial charge is 0.328 e. The number of rotatable bonds is 4. The van der Waals surface area contributed by atoms with Crippen LogP contribution in [0.4, 0.5) is 0 Å². The maximum absolute atomic E-state index is 11.9. The van der Waals surface area contributed by atoms with Crippen LogP contribution in [0.2, 0.25) is 0 Å². The van der Waals surface area contributed by atoms with Crippen LogP contribution in [0.5, 0.6) is 0 Å². The minimum atomic E-state index is -1.26. The summed E-state index contributed by atoms with van der Waals surface area (Å²) in [6.07, 6.45) is 5.47. The maximum Gasteiger partial charge on any atom is 0.328 e. The Morgan fingerprint density at radius 2 is 1.54 bits per heavy atom. The van der Waals surface area contributed by atoms with E-state index in [1.54, 1.807) is 0 Å². The number of benzene rings is 1. The second-order valence-corrected chi connectivity index (χ2v) is 5.40. The summed E-state index contributed by atoms with van der Waals surface area (Å²) in [7, 11) is 0. The van der Waals surface area contributed by atoms with Gasteiger partial charge in [0, 0.05) is 29.8 Å². The molecule has 1 aromatic carbocycles. The zero-order chi connectivity index (χ0) is 17.9. The van der Waals surface area contributed by atoms with Gasteiger partial charge in [-0.15, -0.1) is 0 Å². The Morgan fingerprint density at radius 1 is 1.00 bits per heavy atom. The lowest BCUT2D eigenvalue weighted by Gasteiger charge is -2.29. The van der Waals surface area contributed by atoms with E-state index in [4.69, 9.17) is 15.9 Å². The van der Waals surface area contributed by atoms with Crippen molar-refractivity contribution in [2.24, 2.45) is 5.73 Å². The molecule has 1 fully saturated rings. The van der Waals surface area contributed by atoms with Crippen LogP contribution in [-0.2, 0) is 9.59 Å². The third-order valence-corrected chi connectivity index (χ3v) is 3.54. The molecular weight excluding hydrogens is 312 g/mol. The molecule has 2 rings (SSSR count). The van der Waals surface area contributed by atoms with Crippen LogP contribution in [0.15, 0.2) is 42.5 Å². The zero-order valence-electron chi connectivity index (χ0n) is 13.2. The number of hydrogen-bond donors (Lipinski definition) is 4. The van der Waals surface area contributed by atoms with Crippen molar-refractivity contribution in [3.05, 3.63) is 48.0 Å². The van der Waals surface area contributed by atoms with Crippen LogP contribution in [0.1, 0.15) is 36.0 Å². The van der Waals surface area contributed by atoms with Crippen molar-refractivity contribution >= 4 is 17.8 Å². The van der Waals surface area contributed by atoms with Gasteiger partial charge in [0.1, 0.15) is 0 Å². The third-order valence-electron chi connectivity index (χ3n) is 3.54. The first kappa shape index (κ1) is 19.4. The van der Waals surface area contributed by atoms with Crippen molar-refractivity contribution in [2.45, 2.75) is 37.8 Å². The van der Waals surface area contributed by atoms with Gasteiger partial charge in [0.2, 0.25) is 0 Å². The molecule has 2 unspecified atom stereocenters. The third kappa shape index (κ3) is 7.55. The first-order chi connectivity index (χ1) is 11.4. The molecule has 0 heterocycles. The Bertz CT molecular complexity index is 570. The van der Waals surface area contributed by atoms with Crippen LogP contribution in [-0.4, -0.2) is 40.1 Å². The van der Waals surface area contributed by atoms with Crippen molar-refractivity contribution in [3.8, 4) is 0 Å². The SMILES string of the molecule is NC1CCCCC1NC(=O)c1ccccc1.O=C(O)/C=C\C(=O)O. The summed E-state index contributed by atoms with van der Waals surface area (Å²) in [5.74, 6) is -2.53. The van der Waals surface area contributed by atoms with Gasteiger partial charge in [-0.1, -0.05) is 31.0 Å². The van der Waals surface area contributed by atoms with Crippen LogP contribution in [0.3, 0.4) is 0 Å². The van der Waals surface area contributed by atoms with E-state index in [0.717, 1.165) is 19.3 Å². The van der Waals surface area contributed by atoms with E-state index < -0.39 is 11.9 Å². The summed E-state index contributed by atoms with van der Waals surface area (Å²) in [4.78, 5) is 31.0. The second-order valence-electron chi connectivity index (χ2n) is 5.40. The number of carbonyl (C=O) groups is 3. The number of nitrogens with one attached hydrogen (secondary N) is 1. The minimum absolute atomic E-state index is 0.0112. The number of hydrogen-bond acceptors (Lipinski definition) is 4. The Morgan fingerprint density at radius 3 is 2.04 bits per heavy atom. The van der Waals surface area contributed by atoms with Crippen molar-refractivity contribution < 1.29 is 24.6 Å². The molecule has 0 radical (unpaired) electrons. The molecule has 2 atom stereocenters. The average molecular weight is 334 g/mol. The molecule has 0 saturated heterocycles. The number of aliphatic carboxylic acids is 2. The fourth-order valence-electron chi connectivity index (χ4n) is 2.32. The second kappa shape index (κ2) is 10.2. The number of amides is 1. The summed E-state index contributed by atoms with van der Waals surface area (Å²) in [6, 6.07) is 9.55. The average Bonchev–Trinajstić information content (AvgIpc) is 2.56. The standard InChI is InChI=1S/C13H18N2O.C4H4O4/c14-11-8-4-5-9-12(11)15-13(16)10-6-2-1-3-7-10;5-3(6)1-2-4(7)8/h1-3,6-7,11-12H,4-5,8-9,14H2,(H,15,16);1-2H,(H,5,6)(H,7,8)/b;2-1-. The van der Waals surface area contributed by atoms with Gasteiger partial charge in [-0.3, -0.25) is 4.79 Å². The molecule has 1 amide bonds. The van der Waals surface area contributed by atoms with Gasteiger partial charge in [-0.2, -0.15) is 0 Å². The highest BCUT2D eigenvalue weighted by molar-refractivity contribution is 5.94. The molecule has 0 aromatic heterocycles. The molecule has 1 aliphatic carbocycles. The highest BCUT2D eigenvalue weighted by atomic mass is 16.4. The number of carbonyl (C=O) groups excluding carboxylic acids is 1. The van der Waals surface area contributed by atoms with Crippen molar-refractivity contribution in [2.75, 3.05) is 0 Å². The molecular formula is C17H22N2O5. The monoisotopic (exact) mass is 334 g/mol. The van der Waals surface area contributed by atoms with Crippen molar-refractivity contribution in [1.29, 1.82) is 0 Å². The van der Waals surface area contributed by atoms with Crippen molar-refractivity contribution in [3.63, 3.8) is 0 Å². The fraction of sp³-hybridized carbons (Fsp3) is 0.353. The van der Waals surface area contributed by atoms with Gasteiger partial charge >= 0.3 is 11.9 Å². The Kier molecular flexibility index (Phi) is 8.21. The van der Waals surface area contributed by atoms with Gasteiger partial charge in [0.15, 0.2) is 0 Å². The Balaban J connectivity index is 0.000000307. The predicted octanol–water partition coefficient (Wildman–Crippen LogP) is 1.40. The van der Waals surface area contributed by atoms with Crippen LogP contribution >= 0.6 is 0 Å². The van der Waals surface area contributed by atoms with Gasteiger partial charge in [0.05, 0.1) is 0 Å². The van der Waals surface area contributed by atoms with E-state index >= 15 is 0 Å². The van der Waals surface area contributed by atoms with E-state index in [-0.39, 0.29) is 18.0 Å². The molecule has 5 N–H and O–H groups in total. The number of nitrogens with two attached hydrogens (primary N) is 1. The summed E-state index contributed by atoms with van der Waals surface area (Å²) in [6.45, 7) is 0. The molecule has 130 valence electrons. The topological polar surface area (TPSA) is 130 Å². The summed E-state index contributed by atoms with van der Waals surface area (Å²) >= 11 is 0. The van der Waals surface area contributed by atoms with E-state index in [1.165, 1.54) is 6.42 Å². The van der Waals surface area contributed by atoms with E-state index in [2.05, 4.69) is 5.32 Å². The predicted molar refractivity (Wildman–Crippen MR) is 88.6 cm³/mol. The number of carboxylic acid groups (broad SMARTS) is 2. The fourth-order valence-corrected chi connectivity index (χ4v) is 2.32. The first-order valence-electron chi connectivity index (χ1n) is 7.65. The largest absolute Gasteiger partial charge is 0.478 e. The molecule has 1 aliphatic rings. The normalized spacial score (nSPS) is 19.9. The highest BCUT2D eigenvalue weighted by Gasteiger charge is 2.23. The minimum Gasteiger partial charge on any atom is -0.478 e. The van der Waals surface area contributed by atoms with Crippen LogP contribution in [0, 0.1) is 0 Å². The van der Waals surface area contributed by atoms with E-state index in [1.807, 2.05) is 30.3 Å². The van der Waals surface area contributed by atoms with Crippen molar-refractivity contribution in [1.82, 2.24) is 5.32 Å². The highest BCUT2D eigenvalue weighted by Crippen LogP contribution is 2.17. The Hall–Kier alpha value is -2.67. The molecule has 7 heteroatoms. The maximum atomic E-state index is 11.9. The lowest BCUT2D eigenvalue weighted by Crippen LogP contribution is -2.49. The van der Waals surface area contributed by atoms with Gasteiger partial charge < -0.3 is 21.3 Å². The molecule has 1 saturated carbocycles. The quantitative estimate of drug-likeness (QED) is 0.616. The van der Waals surface area contributed by atoms with Gasteiger partial charge in [-0.25, -0.2) is 9.59 Å².